The maximum atomic E-state index is 10.8. The maximum absolute atomic E-state index is 10.8. The van der Waals surface area contributed by atoms with Crippen LogP contribution in [0.1, 0.15) is 5.56 Å². The molecular weight excluding hydrogens is 348 g/mol. The van der Waals surface area contributed by atoms with E-state index in [9.17, 15) is 4.79 Å². The summed E-state index contributed by atoms with van der Waals surface area (Å²) < 4.78 is 11.4. The molecule has 0 radical (unpaired) electrons. The number of hydrogen-bond acceptors (Lipinski definition) is 5. The van der Waals surface area contributed by atoms with Crippen molar-refractivity contribution < 1.29 is 23.8 Å². The molecule has 0 amide bonds. The van der Waals surface area contributed by atoms with Gasteiger partial charge >= 0.3 is 11.7 Å². The van der Waals surface area contributed by atoms with Crippen LogP contribution in [0.3, 0.4) is 0 Å². The summed E-state index contributed by atoms with van der Waals surface area (Å²) in [6, 6.07) is 15.0. The van der Waals surface area contributed by atoms with Crippen molar-refractivity contribution in [2.45, 2.75) is 6.42 Å². The van der Waals surface area contributed by atoms with Gasteiger partial charge in [0.15, 0.2) is 5.58 Å². The van der Waals surface area contributed by atoms with Crippen molar-refractivity contribution in [3.63, 3.8) is 0 Å². The van der Waals surface area contributed by atoms with E-state index < -0.39 is 5.97 Å². The van der Waals surface area contributed by atoms with Crippen molar-refractivity contribution >= 4 is 28.8 Å². The van der Waals surface area contributed by atoms with Crippen LogP contribution in [0.2, 0.25) is 0 Å². The molecule has 0 bridgehead atoms. The Hall–Kier alpha value is -3.64. The van der Waals surface area contributed by atoms with E-state index in [1.54, 1.807) is 24.3 Å². The normalized spacial score (nSPS) is 10.4. The molecule has 2 aromatic carbocycles. The van der Waals surface area contributed by atoms with E-state index in [-0.39, 0.29) is 12.1 Å². The fourth-order valence-corrected chi connectivity index (χ4v) is 2.47. The smallest absolute Gasteiger partial charge is 0.414 e. The van der Waals surface area contributed by atoms with Crippen LogP contribution < -0.4 is 9.64 Å². The van der Waals surface area contributed by atoms with E-state index in [1.165, 1.54) is 0 Å². The highest BCUT2D eigenvalue weighted by atomic mass is 16.5. The molecule has 0 atom stereocenters. The van der Waals surface area contributed by atoms with Gasteiger partial charge in [0.25, 0.3) is 6.01 Å². The topological polar surface area (TPSA) is 112 Å². The van der Waals surface area contributed by atoms with Crippen LogP contribution in [0.15, 0.2) is 52.9 Å². The number of carbonyl (C=O) groups is 1. The highest BCUT2D eigenvalue weighted by Crippen LogP contribution is 2.20. The first-order valence-corrected chi connectivity index (χ1v) is 8.29. The summed E-state index contributed by atoms with van der Waals surface area (Å²) in [4.78, 5) is 19.9. The number of anilines is 1. The number of para-hydroxylation sites is 2. The molecule has 1 N–H and O–H groups in total. The number of oxazole rings is 1. The quantitative estimate of drug-likeness (QED) is 0.373. The number of rotatable bonds is 8. The minimum absolute atomic E-state index is 0.0343. The van der Waals surface area contributed by atoms with Gasteiger partial charge in [-0.1, -0.05) is 24.3 Å². The Bertz CT molecular complexity index is 957. The van der Waals surface area contributed by atoms with E-state index in [0.717, 1.165) is 11.1 Å². The molecule has 0 spiro atoms. The van der Waals surface area contributed by atoms with Crippen molar-refractivity contribution in [2.75, 3.05) is 25.1 Å². The highest BCUT2D eigenvalue weighted by Gasteiger charge is 2.18. The number of ether oxygens (including phenoxy) is 1. The number of carboxylic acid groups (broad SMARTS) is 1. The molecule has 3 aromatic rings. The van der Waals surface area contributed by atoms with Crippen LogP contribution in [-0.2, 0) is 11.2 Å². The summed E-state index contributed by atoms with van der Waals surface area (Å²) in [7, 11) is 1.87. The summed E-state index contributed by atoms with van der Waals surface area (Å²) >= 11 is 0. The molecule has 3 rings (SSSR count). The molecule has 0 unspecified atom stereocenters. The fraction of sp³-hybridized carbons (Fsp3) is 0.211. The zero-order valence-electron chi connectivity index (χ0n) is 14.7. The molecule has 27 heavy (non-hydrogen) atoms. The molecule has 8 heteroatoms. The average Bonchev–Trinajstić information content (AvgIpc) is 3.11. The predicted octanol–water partition coefficient (Wildman–Crippen LogP) is 2.64. The highest BCUT2D eigenvalue weighted by molar-refractivity contribution is 6.33. The first-order valence-electron chi connectivity index (χ1n) is 8.29. The van der Waals surface area contributed by atoms with E-state index in [0.29, 0.717) is 30.5 Å². The molecule has 0 aliphatic carbocycles. The number of likely N-dealkylation sites (N-methyl/N-ethyl adjacent to an activating group) is 1. The third-order valence-corrected chi connectivity index (χ3v) is 3.97. The van der Waals surface area contributed by atoms with Crippen LogP contribution in [0.4, 0.5) is 6.01 Å². The Morgan fingerprint density at radius 3 is 2.67 bits per heavy atom. The van der Waals surface area contributed by atoms with E-state index >= 15 is 0 Å². The Morgan fingerprint density at radius 1 is 1.26 bits per heavy atom. The third kappa shape index (κ3) is 4.50. The lowest BCUT2D eigenvalue weighted by molar-refractivity contribution is -0.134. The van der Waals surface area contributed by atoms with Crippen molar-refractivity contribution in [1.29, 1.82) is 0 Å². The lowest BCUT2D eigenvalue weighted by Gasteiger charge is -2.14. The second-order valence-electron chi connectivity index (χ2n) is 5.91. The standard InChI is InChI=1S/C19H18N4O4/c1-23(19-21-15-4-2-3-5-17(15)27-19)10-11-26-14-8-6-13(7-9-14)12-16(22-20)18(24)25/h2-9H,10-12H2,1H3,(H,24,25). The van der Waals surface area contributed by atoms with Gasteiger partial charge in [-0.05, 0) is 29.8 Å². The van der Waals surface area contributed by atoms with E-state index in [1.807, 2.05) is 36.2 Å². The van der Waals surface area contributed by atoms with Crippen LogP contribution in [0.5, 0.6) is 5.75 Å². The fourth-order valence-electron chi connectivity index (χ4n) is 2.47. The van der Waals surface area contributed by atoms with Gasteiger partial charge in [0.05, 0.1) is 13.0 Å². The molecule has 0 saturated heterocycles. The summed E-state index contributed by atoms with van der Waals surface area (Å²) in [6.07, 6.45) is 0.0343. The van der Waals surface area contributed by atoms with Crippen molar-refractivity contribution in [3.8, 4) is 5.75 Å². The van der Waals surface area contributed by atoms with Gasteiger partial charge in [0.1, 0.15) is 17.9 Å². The van der Waals surface area contributed by atoms with Crippen molar-refractivity contribution in [2.24, 2.45) is 0 Å². The molecule has 0 fully saturated rings. The van der Waals surface area contributed by atoms with Gasteiger partial charge in [-0.25, -0.2) is 4.79 Å². The Balaban J connectivity index is 1.52. The number of nitrogens with zero attached hydrogens (tertiary/aromatic N) is 4. The molecular formula is C19H18N4O4. The summed E-state index contributed by atoms with van der Waals surface area (Å²) in [5, 5.41) is 8.86. The van der Waals surface area contributed by atoms with Gasteiger partial charge in [-0.3, -0.25) is 0 Å². The zero-order chi connectivity index (χ0) is 19.2. The van der Waals surface area contributed by atoms with Gasteiger partial charge in [0.2, 0.25) is 0 Å². The van der Waals surface area contributed by atoms with Crippen molar-refractivity contribution in [1.82, 2.24) is 4.98 Å². The second kappa shape index (κ2) is 8.16. The molecule has 0 aliphatic heterocycles. The summed E-state index contributed by atoms with van der Waals surface area (Å²) in [6.45, 7) is 1.00. The number of benzene rings is 2. The Morgan fingerprint density at radius 2 is 2.00 bits per heavy atom. The lowest BCUT2D eigenvalue weighted by Crippen LogP contribution is -2.24. The average molecular weight is 366 g/mol. The first-order chi connectivity index (χ1) is 13.1. The van der Waals surface area contributed by atoms with Crippen LogP contribution >= 0.6 is 0 Å². The Kier molecular flexibility index (Phi) is 5.49. The monoisotopic (exact) mass is 366 g/mol. The molecule has 8 nitrogen and oxygen atoms in total. The second-order valence-corrected chi connectivity index (χ2v) is 5.91. The van der Waals surface area contributed by atoms with Crippen LogP contribution in [0, 0.1) is 0 Å². The zero-order valence-corrected chi connectivity index (χ0v) is 14.7. The maximum Gasteiger partial charge on any atom is 0.414 e. The number of aliphatic carboxylic acids is 1. The predicted molar refractivity (Wildman–Crippen MR) is 99.2 cm³/mol. The minimum Gasteiger partial charge on any atom is -0.492 e. The van der Waals surface area contributed by atoms with Crippen molar-refractivity contribution in [3.05, 3.63) is 59.6 Å². The lowest BCUT2D eigenvalue weighted by atomic mass is 10.1. The van der Waals surface area contributed by atoms with Gasteiger partial charge in [-0.2, -0.15) is 9.77 Å². The number of carboxylic acids is 1. The van der Waals surface area contributed by atoms with Crippen LogP contribution in [-0.4, -0.2) is 46.8 Å². The van der Waals surface area contributed by atoms with Gasteiger partial charge in [0, 0.05) is 7.05 Å². The number of hydrogen-bond donors (Lipinski definition) is 1. The SMILES string of the molecule is CN(CCOc1ccc(CC(=[N+]=[N-])C(=O)O)cc1)c1nc2ccccc2o1. The van der Waals surface area contributed by atoms with Gasteiger partial charge in [-0.15, -0.1) is 0 Å². The Labute approximate surface area is 155 Å². The minimum atomic E-state index is -1.25. The molecule has 0 aliphatic rings. The summed E-state index contributed by atoms with van der Waals surface area (Å²) in [5.41, 5.74) is 10.6. The van der Waals surface area contributed by atoms with E-state index in [4.69, 9.17) is 19.8 Å². The number of aromatic nitrogens is 1. The summed E-state index contributed by atoms with van der Waals surface area (Å²) in [5.74, 6) is -0.595. The molecule has 0 saturated carbocycles. The van der Waals surface area contributed by atoms with Crippen LogP contribution in [0.25, 0.3) is 16.6 Å². The van der Waals surface area contributed by atoms with E-state index in [2.05, 4.69) is 9.77 Å². The first kappa shape index (κ1) is 18.2. The molecule has 138 valence electrons. The largest absolute Gasteiger partial charge is 0.492 e. The molecule has 1 aromatic heterocycles. The number of fused-ring (bicyclic) bond motifs is 1. The van der Waals surface area contributed by atoms with Gasteiger partial charge < -0.3 is 24.7 Å². The molecule has 1 heterocycles. The third-order valence-electron chi connectivity index (χ3n) is 3.97.